The van der Waals surface area contributed by atoms with Gasteiger partial charge in [0.15, 0.2) is 0 Å². The maximum atomic E-state index is 11.4. The van der Waals surface area contributed by atoms with Gasteiger partial charge in [-0.1, -0.05) is 0 Å². The van der Waals surface area contributed by atoms with Gasteiger partial charge < -0.3 is 4.90 Å². The largest absolute Gasteiger partial charge is 0.301 e. The lowest BCUT2D eigenvalue weighted by Crippen LogP contribution is -1.98. The first kappa shape index (κ1) is 6.02. The average Bonchev–Trinajstić information content (AvgIpc) is 2.51. The smallest absolute Gasteiger partial charge is 0.0894 e. The molecule has 48 valence electrons. The first-order valence-corrected chi connectivity index (χ1v) is 3.22. The number of hydrogen-bond acceptors (Lipinski definition) is 1. The maximum absolute atomic E-state index is 11.4. The molecular formula is C6H12FN. The Morgan fingerprint density at radius 1 is 1.25 bits per heavy atom. The summed E-state index contributed by atoms with van der Waals surface area (Å²) in [7, 11) is 0. The molecule has 1 aliphatic heterocycles. The second-order valence-corrected chi connectivity index (χ2v) is 2.24. The Bertz CT molecular complexity index is 61.5. The molecule has 8 heavy (non-hydrogen) atoms. The van der Waals surface area contributed by atoms with E-state index in [1.165, 1.54) is 13.1 Å². The van der Waals surface area contributed by atoms with Gasteiger partial charge in [0.2, 0.25) is 0 Å². The standard InChI is InChI=1S/C6H12FN/c7-3-1-2-4-8-5-6-8/h1-6H2. The lowest BCUT2D eigenvalue weighted by atomic mass is 10.3. The van der Waals surface area contributed by atoms with Crippen molar-refractivity contribution in [3.8, 4) is 0 Å². The van der Waals surface area contributed by atoms with Gasteiger partial charge in [-0.3, -0.25) is 4.39 Å². The zero-order valence-corrected chi connectivity index (χ0v) is 5.07. The fourth-order valence-electron chi connectivity index (χ4n) is 0.724. The third-order valence-corrected chi connectivity index (χ3v) is 1.40. The monoisotopic (exact) mass is 117 g/mol. The van der Waals surface area contributed by atoms with Gasteiger partial charge in [0, 0.05) is 13.1 Å². The van der Waals surface area contributed by atoms with E-state index in [1.54, 1.807) is 0 Å². The number of hydrogen-bond donors (Lipinski definition) is 0. The molecule has 1 heterocycles. The van der Waals surface area contributed by atoms with Gasteiger partial charge in [0.25, 0.3) is 0 Å². The van der Waals surface area contributed by atoms with Crippen molar-refractivity contribution in [2.75, 3.05) is 26.3 Å². The van der Waals surface area contributed by atoms with Gasteiger partial charge in [-0.05, 0) is 19.4 Å². The molecule has 1 saturated heterocycles. The summed E-state index contributed by atoms with van der Waals surface area (Å²) >= 11 is 0. The van der Waals surface area contributed by atoms with Crippen molar-refractivity contribution >= 4 is 0 Å². The van der Waals surface area contributed by atoms with E-state index >= 15 is 0 Å². The fraction of sp³-hybridized carbons (Fsp3) is 1.00. The molecule has 1 rings (SSSR count). The van der Waals surface area contributed by atoms with E-state index in [-0.39, 0.29) is 6.67 Å². The molecule has 0 radical (unpaired) electrons. The second kappa shape index (κ2) is 3.02. The molecule has 0 aromatic carbocycles. The van der Waals surface area contributed by atoms with E-state index in [0.717, 1.165) is 19.4 Å². The van der Waals surface area contributed by atoms with Crippen molar-refractivity contribution in [2.45, 2.75) is 12.8 Å². The molecule has 0 spiro atoms. The van der Waals surface area contributed by atoms with Crippen LogP contribution in [-0.2, 0) is 0 Å². The summed E-state index contributed by atoms with van der Waals surface area (Å²) in [6.07, 6.45) is 1.78. The van der Waals surface area contributed by atoms with Gasteiger partial charge in [0.05, 0.1) is 6.67 Å². The Balaban J connectivity index is 1.74. The minimum absolute atomic E-state index is 0.145. The number of nitrogens with zero attached hydrogens (tertiary/aromatic N) is 1. The third-order valence-electron chi connectivity index (χ3n) is 1.40. The Morgan fingerprint density at radius 3 is 2.50 bits per heavy atom. The molecule has 0 amide bonds. The third kappa shape index (κ3) is 2.26. The summed E-state index contributed by atoms with van der Waals surface area (Å²) in [5.41, 5.74) is 0. The number of alkyl halides is 1. The zero-order valence-electron chi connectivity index (χ0n) is 5.07. The highest BCUT2D eigenvalue weighted by Gasteiger charge is 2.14. The van der Waals surface area contributed by atoms with Crippen LogP contribution in [-0.4, -0.2) is 31.2 Å². The van der Waals surface area contributed by atoms with Gasteiger partial charge in [-0.2, -0.15) is 0 Å². The van der Waals surface area contributed by atoms with E-state index in [9.17, 15) is 4.39 Å². The van der Waals surface area contributed by atoms with Crippen molar-refractivity contribution in [1.29, 1.82) is 0 Å². The van der Waals surface area contributed by atoms with Gasteiger partial charge in [-0.25, -0.2) is 0 Å². The van der Waals surface area contributed by atoms with E-state index in [0.29, 0.717) is 0 Å². The Morgan fingerprint density at radius 2 is 2.00 bits per heavy atom. The highest BCUT2D eigenvalue weighted by Crippen LogP contribution is 2.04. The number of halogens is 1. The average molecular weight is 117 g/mol. The van der Waals surface area contributed by atoms with Crippen LogP contribution in [0.25, 0.3) is 0 Å². The molecule has 1 fully saturated rings. The molecular weight excluding hydrogens is 105 g/mol. The van der Waals surface area contributed by atoms with Gasteiger partial charge in [-0.15, -0.1) is 0 Å². The first-order chi connectivity index (χ1) is 3.93. The normalized spacial score (nSPS) is 19.1. The molecule has 0 saturated carbocycles. The fourth-order valence-corrected chi connectivity index (χ4v) is 0.724. The van der Waals surface area contributed by atoms with Crippen LogP contribution in [0.1, 0.15) is 12.8 Å². The Kier molecular flexibility index (Phi) is 2.27. The summed E-state index contributed by atoms with van der Waals surface area (Å²) in [6.45, 7) is 3.45. The SMILES string of the molecule is FCCCCN1CC1. The zero-order chi connectivity index (χ0) is 5.82. The molecule has 0 unspecified atom stereocenters. The van der Waals surface area contributed by atoms with Gasteiger partial charge >= 0.3 is 0 Å². The van der Waals surface area contributed by atoms with E-state index in [2.05, 4.69) is 4.90 Å². The topological polar surface area (TPSA) is 3.01 Å². The van der Waals surface area contributed by atoms with Crippen molar-refractivity contribution in [2.24, 2.45) is 0 Å². The van der Waals surface area contributed by atoms with Crippen LogP contribution in [0, 0.1) is 0 Å². The quantitative estimate of drug-likeness (QED) is 0.393. The number of rotatable bonds is 4. The van der Waals surface area contributed by atoms with Crippen molar-refractivity contribution < 1.29 is 4.39 Å². The highest BCUT2D eigenvalue weighted by atomic mass is 19.1. The van der Waals surface area contributed by atoms with Crippen molar-refractivity contribution in [1.82, 2.24) is 4.90 Å². The van der Waals surface area contributed by atoms with Crippen LogP contribution < -0.4 is 0 Å². The Hall–Kier alpha value is -0.110. The minimum Gasteiger partial charge on any atom is -0.301 e. The summed E-state index contributed by atoms with van der Waals surface area (Å²) in [5.74, 6) is 0. The van der Waals surface area contributed by atoms with E-state index in [1.807, 2.05) is 0 Å². The van der Waals surface area contributed by atoms with Crippen LogP contribution >= 0.6 is 0 Å². The molecule has 1 aliphatic rings. The highest BCUT2D eigenvalue weighted by molar-refractivity contribution is 4.71. The Labute approximate surface area is 49.5 Å². The molecule has 0 aromatic heterocycles. The predicted molar refractivity (Wildman–Crippen MR) is 31.6 cm³/mol. The predicted octanol–water partition coefficient (Wildman–Crippen LogP) is 1.05. The lowest BCUT2D eigenvalue weighted by Gasteiger charge is -1.95. The lowest BCUT2D eigenvalue weighted by molar-refractivity contribution is 0.434. The molecule has 1 nitrogen and oxygen atoms in total. The molecule has 0 N–H and O–H groups in total. The summed E-state index contributed by atoms with van der Waals surface area (Å²) in [6, 6.07) is 0. The minimum atomic E-state index is -0.145. The van der Waals surface area contributed by atoms with Crippen LogP contribution in [0.4, 0.5) is 4.39 Å². The van der Waals surface area contributed by atoms with Crippen molar-refractivity contribution in [3.63, 3.8) is 0 Å². The second-order valence-electron chi connectivity index (χ2n) is 2.24. The summed E-state index contributed by atoms with van der Waals surface area (Å²) in [5, 5.41) is 0. The summed E-state index contributed by atoms with van der Waals surface area (Å²) in [4.78, 5) is 2.32. The molecule has 0 bridgehead atoms. The van der Waals surface area contributed by atoms with Crippen LogP contribution in [0.3, 0.4) is 0 Å². The van der Waals surface area contributed by atoms with Crippen LogP contribution in [0.15, 0.2) is 0 Å². The molecule has 0 atom stereocenters. The maximum Gasteiger partial charge on any atom is 0.0894 e. The first-order valence-electron chi connectivity index (χ1n) is 3.22. The van der Waals surface area contributed by atoms with Gasteiger partial charge in [0.1, 0.15) is 0 Å². The molecule has 0 aromatic rings. The van der Waals surface area contributed by atoms with Crippen LogP contribution in [0.5, 0.6) is 0 Å². The number of unbranched alkanes of at least 4 members (excludes halogenated alkanes) is 1. The van der Waals surface area contributed by atoms with E-state index < -0.39 is 0 Å². The molecule has 0 aliphatic carbocycles. The summed E-state index contributed by atoms with van der Waals surface area (Å²) < 4.78 is 11.4. The van der Waals surface area contributed by atoms with Crippen molar-refractivity contribution in [3.05, 3.63) is 0 Å². The van der Waals surface area contributed by atoms with Crippen LogP contribution in [0.2, 0.25) is 0 Å². The van der Waals surface area contributed by atoms with E-state index in [4.69, 9.17) is 0 Å². The molecule has 2 heteroatoms.